The summed E-state index contributed by atoms with van der Waals surface area (Å²) in [4.78, 5) is 11.8. The summed E-state index contributed by atoms with van der Waals surface area (Å²) < 4.78 is 10.7. The van der Waals surface area contributed by atoms with Crippen LogP contribution in [0.5, 0.6) is 5.75 Å². The molecule has 112 valence electrons. The van der Waals surface area contributed by atoms with Crippen LogP contribution in [0.4, 0.5) is 0 Å². The number of carbonyl (C=O) groups excluding carboxylic acids is 1. The number of esters is 1. The maximum Gasteiger partial charge on any atom is 0.325 e. The predicted octanol–water partition coefficient (Wildman–Crippen LogP) is 2.61. The number of methoxy groups -OCH3 is 1. The summed E-state index contributed by atoms with van der Waals surface area (Å²) in [5.74, 6) is 0.609. The number of ether oxygens (including phenoxy) is 2. The summed E-state index contributed by atoms with van der Waals surface area (Å²) in [6, 6.07) is 5.98. The van der Waals surface area contributed by atoms with Crippen LogP contribution >= 0.6 is 0 Å². The Bertz CT molecular complexity index is 459. The van der Waals surface area contributed by atoms with Crippen LogP contribution in [0.25, 0.3) is 0 Å². The van der Waals surface area contributed by atoms with Gasteiger partial charge in [-0.2, -0.15) is 0 Å². The number of carbonyl (C=O) groups is 1. The van der Waals surface area contributed by atoms with Gasteiger partial charge in [-0.3, -0.25) is 4.79 Å². The van der Waals surface area contributed by atoms with Gasteiger partial charge in [0, 0.05) is 6.42 Å². The fourth-order valence-corrected chi connectivity index (χ4v) is 2.12. The second-order valence-corrected chi connectivity index (χ2v) is 5.15. The zero-order valence-corrected chi connectivity index (χ0v) is 13.1. The van der Waals surface area contributed by atoms with Crippen molar-refractivity contribution in [3.8, 4) is 5.75 Å². The third-order valence-electron chi connectivity index (χ3n) is 3.62. The molecule has 0 aliphatic carbocycles. The van der Waals surface area contributed by atoms with Crippen molar-refractivity contribution in [1.29, 1.82) is 0 Å². The van der Waals surface area contributed by atoms with Crippen LogP contribution < -0.4 is 10.1 Å². The summed E-state index contributed by atoms with van der Waals surface area (Å²) in [7, 11) is 1.41. The molecule has 0 amide bonds. The van der Waals surface area contributed by atoms with E-state index in [1.165, 1.54) is 12.7 Å². The molecule has 0 spiro atoms. The smallest absolute Gasteiger partial charge is 0.325 e. The molecule has 1 unspecified atom stereocenters. The van der Waals surface area contributed by atoms with Crippen molar-refractivity contribution in [1.82, 2.24) is 5.32 Å². The highest BCUT2D eigenvalue weighted by Crippen LogP contribution is 2.21. The molecule has 1 aromatic rings. The molecule has 4 nitrogen and oxygen atoms in total. The lowest BCUT2D eigenvalue weighted by Crippen LogP contribution is -2.51. The number of hydrogen-bond donors (Lipinski definition) is 1. The highest BCUT2D eigenvalue weighted by atomic mass is 16.5. The number of hydrogen-bond acceptors (Lipinski definition) is 4. The fraction of sp³-hybridized carbons (Fsp3) is 0.562. The molecule has 1 N–H and O–H groups in total. The molecule has 0 bridgehead atoms. The summed E-state index contributed by atoms with van der Waals surface area (Å²) in [6.07, 6.45) is 0.556. The largest absolute Gasteiger partial charge is 0.493 e. The number of aryl methyl sites for hydroxylation is 1. The van der Waals surface area contributed by atoms with E-state index in [4.69, 9.17) is 9.47 Å². The molecule has 1 aromatic carbocycles. The number of likely N-dealkylation sites (N-methyl/N-ethyl adjacent to an activating group) is 1. The lowest BCUT2D eigenvalue weighted by atomic mass is 9.98. The van der Waals surface area contributed by atoms with Gasteiger partial charge in [0.15, 0.2) is 0 Å². The maximum atomic E-state index is 11.8. The Morgan fingerprint density at radius 3 is 2.65 bits per heavy atom. The van der Waals surface area contributed by atoms with E-state index >= 15 is 0 Å². The Morgan fingerprint density at radius 2 is 2.05 bits per heavy atom. The average Bonchev–Trinajstić information content (AvgIpc) is 2.43. The molecule has 0 saturated carbocycles. The van der Waals surface area contributed by atoms with Crippen molar-refractivity contribution in [3.05, 3.63) is 29.3 Å². The van der Waals surface area contributed by atoms with Gasteiger partial charge in [0.1, 0.15) is 11.3 Å². The molecule has 0 saturated heterocycles. The minimum atomic E-state index is -0.707. The van der Waals surface area contributed by atoms with Gasteiger partial charge in [0.25, 0.3) is 0 Å². The molecule has 0 fully saturated rings. The van der Waals surface area contributed by atoms with Crippen molar-refractivity contribution < 1.29 is 14.3 Å². The van der Waals surface area contributed by atoms with Crippen molar-refractivity contribution >= 4 is 5.97 Å². The number of benzene rings is 1. The van der Waals surface area contributed by atoms with Gasteiger partial charge < -0.3 is 14.8 Å². The van der Waals surface area contributed by atoms with E-state index in [9.17, 15) is 4.79 Å². The third kappa shape index (κ3) is 3.97. The Labute approximate surface area is 121 Å². The average molecular weight is 279 g/mol. The van der Waals surface area contributed by atoms with E-state index in [1.807, 2.05) is 32.9 Å². The van der Waals surface area contributed by atoms with E-state index in [-0.39, 0.29) is 5.97 Å². The molecule has 1 atom stereocenters. The van der Waals surface area contributed by atoms with Crippen LogP contribution in [0.2, 0.25) is 0 Å². The van der Waals surface area contributed by atoms with Crippen LogP contribution in [-0.2, 0) is 9.53 Å². The Balaban J connectivity index is 2.65. The summed E-state index contributed by atoms with van der Waals surface area (Å²) in [5, 5.41) is 3.17. The third-order valence-corrected chi connectivity index (χ3v) is 3.62. The van der Waals surface area contributed by atoms with E-state index in [0.29, 0.717) is 19.6 Å². The van der Waals surface area contributed by atoms with Gasteiger partial charge in [0.05, 0.1) is 13.7 Å². The van der Waals surface area contributed by atoms with Gasteiger partial charge in [-0.15, -0.1) is 0 Å². The minimum absolute atomic E-state index is 0.260. The summed E-state index contributed by atoms with van der Waals surface area (Å²) in [5.41, 5.74) is 1.63. The van der Waals surface area contributed by atoms with Crippen LogP contribution in [-0.4, -0.2) is 31.8 Å². The van der Waals surface area contributed by atoms with Crippen LogP contribution in [0, 0.1) is 13.8 Å². The van der Waals surface area contributed by atoms with Crippen LogP contribution in [0.3, 0.4) is 0 Å². The molecule has 20 heavy (non-hydrogen) atoms. The Hall–Kier alpha value is -1.55. The lowest BCUT2D eigenvalue weighted by molar-refractivity contribution is -0.148. The Kier molecular flexibility index (Phi) is 6.02. The van der Waals surface area contributed by atoms with Crippen molar-refractivity contribution in [3.63, 3.8) is 0 Å². The van der Waals surface area contributed by atoms with Crippen molar-refractivity contribution in [2.24, 2.45) is 0 Å². The molecule has 0 aliphatic heterocycles. The van der Waals surface area contributed by atoms with E-state index in [1.54, 1.807) is 0 Å². The topological polar surface area (TPSA) is 47.6 Å². The van der Waals surface area contributed by atoms with Gasteiger partial charge >= 0.3 is 5.97 Å². The first-order valence-electron chi connectivity index (χ1n) is 6.97. The van der Waals surface area contributed by atoms with Crippen molar-refractivity contribution in [2.45, 2.75) is 39.7 Å². The zero-order chi connectivity index (χ0) is 15.2. The van der Waals surface area contributed by atoms with Crippen LogP contribution in [0.15, 0.2) is 18.2 Å². The molecular formula is C16H25NO3. The first-order chi connectivity index (χ1) is 9.44. The summed E-state index contributed by atoms with van der Waals surface area (Å²) >= 11 is 0. The van der Waals surface area contributed by atoms with Gasteiger partial charge in [-0.05, 0) is 44.5 Å². The zero-order valence-electron chi connectivity index (χ0n) is 13.1. The van der Waals surface area contributed by atoms with Crippen molar-refractivity contribution in [2.75, 3.05) is 20.3 Å². The number of nitrogens with one attached hydrogen (secondary N) is 1. The quantitative estimate of drug-likeness (QED) is 0.779. The highest BCUT2D eigenvalue weighted by molar-refractivity contribution is 5.80. The second-order valence-electron chi connectivity index (χ2n) is 5.15. The Morgan fingerprint density at radius 1 is 1.35 bits per heavy atom. The van der Waals surface area contributed by atoms with Crippen LogP contribution in [0.1, 0.15) is 31.4 Å². The van der Waals surface area contributed by atoms with E-state index in [2.05, 4.69) is 18.3 Å². The van der Waals surface area contributed by atoms with E-state index < -0.39 is 5.54 Å². The van der Waals surface area contributed by atoms with Gasteiger partial charge in [0.2, 0.25) is 0 Å². The molecule has 0 radical (unpaired) electrons. The first-order valence-corrected chi connectivity index (χ1v) is 6.97. The first kappa shape index (κ1) is 16.5. The minimum Gasteiger partial charge on any atom is -0.493 e. The highest BCUT2D eigenvalue weighted by Gasteiger charge is 2.33. The second kappa shape index (κ2) is 7.29. The molecular weight excluding hydrogens is 254 g/mol. The predicted molar refractivity (Wildman–Crippen MR) is 80.1 cm³/mol. The van der Waals surface area contributed by atoms with Gasteiger partial charge in [-0.1, -0.05) is 19.1 Å². The molecule has 1 rings (SSSR count). The summed E-state index contributed by atoms with van der Waals surface area (Å²) in [6.45, 7) is 9.06. The monoisotopic (exact) mass is 279 g/mol. The SMILES string of the molecule is CCNC(C)(CCOc1cccc(C)c1C)C(=O)OC. The van der Waals surface area contributed by atoms with Gasteiger partial charge in [-0.25, -0.2) is 0 Å². The van der Waals surface area contributed by atoms with E-state index in [0.717, 1.165) is 11.3 Å². The lowest BCUT2D eigenvalue weighted by Gasteiger charge is -2.27. The normalized spacial score (nSPS) is 13.7. The fourth-order valence-electron chi connectivity index (χ4n) is 2.12. The molecule has 0 heterocycles. The molecule has 0 aromatic heterocycles. The standard InChI is InChI=1S/C16H25NO3/c1-6-17-16(4,15(18)19-5)10-11-20-14-9-7-8-12(2)13(14)3/h7-9,17H,6,10-11H2,1-5H3. The maximum absolute atomic E-state index is 11.8. The number of rotatable bonds is 7. The molecule has 0 aliphatic rings. The molecule has 4 heteroatoms.